The molecule has 2 amide bonds. The fraction of sp³-hybridized carbons (Fsp3) is 0.517. The van der Waals surface area contributed by atoms with E-state index >= 15 is 0 Å². The molecule has 0 radical (unpaired) electrons. The first-order valence-corrected chi connectivity index (χ1v) is 13.9. The van der Waals surface area contributed by atoms with Crippen LogP contribution in [0.2, 0.25) is 0 Å². The highest BCUT2D eigenvalue weighted by atomic mass is 19.4. The molecule has 5 rings (SSSR count). The summed E-state index contributed by atoms with van der Waals surface area (Å²) in [4.78, 5) is 41.7. The van der Waals surface area contributed by atoms with Crippen LogP contribution in [0.1, 0.15) is 60.9 Å². The van der Waals surface area contributed by atoms with Crippen LogP contribution in [0, 0.1) is 29.5 Å². The summed E-state index contributed by atoms with van der Waals surface area (Å²) in [6.45, 7) is 0. The number of ether oxygens (including phenoxy) is 2. The van der Waals surface area contributed by atoms with Crippen molar-refractivity contribution < 1.29 is 46.5 Å². The van der Waals surface area contributed by atoms with Crippen molar-refractivity contribution in [1.82, 2.24) is 10.3 Å². The Kier molecular flexibility index (Phi) is 8.29. The number of carboxylic acid groups (broad SMARTS) is 1. The number of aromatic nitrogens is 1. The highest BCUT2D eigenvalue weighted by molar-refractivity contribution is 5.99. The molecule has 3 fully saturated rings. The van der Waals surface area contributed by atoms with E-state index in [1.807, 2.05) is 0 Å². The lowest BCUT2D eigenvalue weighted by Gasteiger charge is -2.31. The van der Waals surface area contributed by atoms with E-state index in [2.05, 4.69) is 15.6 Å². The van der Waals surface area contributed by atoms with E-state index in [1.165, 1.54) is 13.2 Å². The van der Waals surface area contributed by atoms with Crippen LogP contribution in [-0.2, 0) is 15.8 Å². The van der Waals surface area contributed by atoms with Gasteiger partial charge in [-0.25, -0.2) is 9.37 Å². The van der Waals surface area contributed by atoms with Crippen LogP contribution in [0.3, 0.4) is 0 Å². The molecular formula is C29H31F4N3O6. The average molecular weight is 594 g/mol. The van der Waals surface area contributed by atoms with Crippen LogP contribution < -0.4 is 20.1 Å². The summed E-state index contributed by atoms with van der Waals surface area (Å²) in [5.41, 5.74) is -0.922. The van der Waals surface area contributed by atoms with E-state index in [0.29, 0.717) is 38.3 Å². The Hall–Kier alpha value is -3.90. The molecule has 13 heteroatoms. The van der Waals surface area contributed by atoms with E-state index in [4.69, 9.17) is 9.47 Å². The molecule has 4 atom stereocenters. The molecule has 1 aromatic carbocycles. The second-order valence-electron chi connectivity index (χ2n) is 11.2. The highest BCUT2D eigenvalue weighted by Gasteiger charge is 2.51. The molecule has 3 N–H and O–H groups in total. The molecule has 3 aliphatic carbocycles. The fourth-order valence-corrected chi connectivity index (χ4v) is 6.53. The molecule has 226 valence electrons. The summed E-state index contributed by atoms with van der Waals surface area (Å²) in [6, 6.07) is 3.66. The van der Waals surface area contributed by atoms with Crippen LogP contribution in [0.15, 0.2) is 30.5 Å². The van der Waals surface area contributed by atoms with E-state index in [0.717, 1.165) is 31.0 Å². The van der Waals surface area contributed by atoms with Gasteiger partial charge in [-0.1, -0.05) is 0 Å². The first kappa shape index (κ1) is 29.6. The van der Waals surface area contributed by atoms with Gasteiger partial charge >= 0.3 is 12.1 Å². The lowest BCUT2D eigenvalue weighted by molar-refractivity contribution is -0.143. The standard InChI is InChI=1S/C29H31F4N3O6/c1-41-21-12-20(30)22(42-18-7-4-14(5-8-18)28(39)40)11-19(21)26(37)36-25-16-3-2-15(10-16)24(25)27(38)35-23-9-6-17(13-34-23)29(31,32)33/h6,9,11-16,18,24-25H,2-5,7-8,10H2,1H3,(H,36,37)(H,39,40)(H,34,35,38)/t14?,15-,16+,18?,24+,25-/m1/s1. The Morgan fingerprint density at radius 1 is 1.00 bits per heavy atom. The molecule has 1 aromatic heterocycles. The highest BCUT2D eigenvalue weighted by Crippen LogP contribution is 2.49. The third-order valence-corrected chi connectivity index (χ3v) is 8.67. The van der Waals surface area contributed by atoms with E-state index in [9.17, 15) is 37.1 Å². The number of anilines is 1. The Morgan fingerprint density at radius 3 is 2.33 bits per heavy atom. The minimum absolute atomic E-state index is 0.0134. The second-order valence-corrected chi connectivity index (χ2v) is 11.2. The number of fused-ring (bicyclic) bond motifs is 2. The van der Waals surface area contributed by atoms with E-state index in [-0.39, 0.29) is 34.7 Å². The molecular weight excluding hydrogens is 562 g/mol. The zero-order chi connectivity index (χ0) is 30.2. The quantitative estimate of drug-likeness (QED) is 0.366. The zero-order valence-corrected chi connectivity index (χ0v) is 22.7. The number of carbonyl (C=O) groups is 3. The van der Waals surface area contributed by atoms with Gasteiger partial charge in [0.1, 0.15) is 11.6 Å². The van der Waals surface area contributed by atoms with Gasteiger partial charge in [0.05, 0.1) is 36.2 Å². The number of hydrogen-bond donors (Lipinski definition) is 3. The number of aliphatic carboxylic acids is 1. The molecule has 2 bridgehead atoms. The lowest BCUT2D eigenvalue weighted by Crippen LogP contribution is -2.48. The maximum absolute atomic E-state index is 14.9. The fourth-order valence-electron chi connectivity index (χ4n) is 6.53. The van der Waals surface area contributed by atoms with Gasteiger partial charge in [0.15, 0.2) is 11.6 Å². The number of carbonyl (C=O) groups excluding carboxylic acids is 2. The van der Waals surface area contributed by atoms with Crippen LogP contribution in [0.5, 0.6) is 11.5 Å². The third-order valence-electron chi connectivity index (χ3n) is 8.67. The maximum atomic E-state index is 14.9. The Labute approximate surface area is 239 Å². The third kappa shape index (κ3) is 6.14. The number of carboxylic acids is 1. The molecule has 3 saturated carbocycles. The van der Waals surface area contributed by atoms with Crippen molar-refractivity contribution in [2.24, 2.45) is 23.7 Å². The molecule has 2 aromatic rings. The van der Waals surface area contributed by atoms with Gasteiger partial charge in [-0.15, -0.1) is 0 Å². The number of pyridine rings is 1. The Bertz CT molecular complexity index is 1340. The zero-order valence-electron chi connectivity index (χ0n) is 22.7. The summed E-state index contributed by atoms with van der Waals surface area (Å²) in [5.74, 6) is -3.96. The molecule has 0 aliphatic heterocycles. The second kappa shape index (κ2) is 11.8. The number of alkyl halides is 3. The number of benzene rings is 1. The summed E-state index contributed by atoms with van der Waals surface area (Å²) < 4.78 is 64.6. The van der Waals surface area contributed by atoms with Crippen LogP contribution >= 0.6 is 0 Å². The predicted octanol–water partition coefficient (Wildman–Crippen LogP) is 5.05. The van der Waals surface area contributed by atoms with Gasteiger partial charge < -0.3 is 25.2 Å². The van der Waals surface area contributed by atoms with Crippen molar-refractivity contribution >= 4 is 23.6 Å². The number of amides is 2. The minimum Gasteiger partial charge on any atom is -0.496 e. The average Bonchev–Trinajstić information content (AvgIpc) is 3.56. The van der Waals surface area contributed by atoms with Gasteiger partial charge in [0.2, 0.25) is 5.91 Å². The number of nitrogens with zero attached hydrogens (tertiary/aromatic N) is 1. The number of halogens is 4. The smallest absolute Gasteiger partial charge is 0.417 e. The molecule has 3 aliphatic rings. The SMILES string of the molecule is COc1cc(F)c(OC2CCC(C(=O)O)CC2)cc1C(=O)N[C@@H]1[C@H]2CC[C@H](C2)[C@@H]1C(=O)Nc1ccc(C(F)(F)F)cn1. The summed E-state index contributed by atoms with van der Waals surface area (Å²) >= 11 is 0. The van der Waals surface area contributed by atoms with Crippen molar-refractivity contribution in [3.05, 3.63) is 47.4 Å². The maximum Gasteiger partial charge on any atom is 0.417 e. The largest absolute Gasteiger partial charge is 0.496 e. The van der Waals surface area contributed by atoms with Gasteiger partial charge in [-0.3, -0.25) is 14.4 Å². The predicted molar refractivity (Wildman–Crippen MR) is 140 cm³/mol. The summed E-state index contributed by atoms with van der Waals surface area (Å²) in [7, 11) is 1.30. The number of methoxy groups -OCH3 is 1. The molecule has 42 heavy (non-hydrogen) atoms. The number of nitrogens with one attached hydrogen (secondary N) is 2. The van der Waals surface area contributed by atoms with Crippen molar-refractivity contribution in [3.8, 4) is 11.5 Å². The van der Waals surface area contributed by atoms with Gasteiger partial charge in [-0.2, -0.15) is 13.2 Å². The van der Waals surface area contributed by atoms with Gasteiger partial charge in [-0.05, 0) is 75.0 Å². The van der Waals surface area contributed by atoms with Crippen LogP contribution in [0.25, 0.3) is 0 Å². The number of rotatable bonds is 8. The van der Waals surface area contributed by atoms with Gasteiger partial charge in [0.25, 0.3) is 5.91 Å². The lowest BCUT2D eigenvalue weighted by atomic mass is 9.83. The Morgan fingerprint density at radius 2 is 1.71 bits per heavy atom. The first-order valence-electron chi connectivity index (χ1n) is 13.9. The van der Waals surface area contributed by atoms with E-state index < -0.39 is 59.3 Å². The monoisotopic (exact) mass is 593 g/mol. The Balaban J connectivity index is 1.30. The van der Waals surface area contributed by atoms with Crippen molar-refractivity contribution in [2.45, 2.75) is 63.3 Å². The van der Waals surface area contributed by atoms with Crippen molar-refractivity contribution in [2.75, 3.05) is 12.4 Å². The first-order chi connectivity index (χ1) is 19.9. The molecule has 0 spiro atoms. The van der Waals surface area contributed by atoms with Crippen molar-refractivity contribution in [3.63, 3.8) is 0 Å². The molecule has 1 heterocycles. The molecule has 0 saturated heterocycles. The topological polar surface area (TPSA) is 127 Å². The normalized spacial score (nSPS) is 26.9. The molecule has 0 unspecified atom stereocenters. The van der Waals surface area contributed by atoms with Gasteiger partial charge in [0, 0.05) is 18.3 Å². The van der Waals surface area contributed by atoms with Crippen molar-refractivity contribution in [1.29, 1.82) is 0 Å². The summed E-state index contributed by atoms with van der Waals surface area (Å²) in [5, 5.41) is 14.7. The van der Waals surface area contributed by atoms with E-state index in [1.54, 1.807) is 0 Å². The minimum atomic E-state index is -4.55. The molecule has 9 nitrogen and oxygen atoms in total. The van der Waals surface area contributed by atoms with Crippen LogP contribution in [0.4, 0.5) is 23.4 Å². The van der Waals surface area contributed by atoms with Crippen LogP contribution in [-0.4, -0.2) is 47.1 Å². The number of hydrogen-bond acceptors (Lipinski definition) is 6. The summed E-state index contributed by atoms with van der Waals surface area (Å²) in [6.07, 6.45) is -0.367.